The Balaban J connectivity index is 1.49. The molecule has 0 atom stereocenters. The van der Waals surface area contributed by atoms with E-state index in [9.17, 15) is 13.6 Å². The van der Waals surface area contributed by atoms with Crippen LogP contribution in [0.1, 0.15) is 11.1 Å². The molecule has 1 aromatic heterocycles. The van der Waals surface area contributed by atoms with E-state index in [-0.39, 0.29) is 24.9 Å². The zero-order valence-electron chi connectivity index (χ0n) is 17.8. The van der Waals surface area contributed by atoms with Crippen molar-refractivity contribution >= 4 is 34.3 Å². The molecule has 5 nitrogen and oxygen atoms in total. The molecule has 3 aromatic carbocycles. The number of nitrogens with one attached hydrogen (secondary N) is 1. The maximum absolute atomic E-state index is 14.8. The normalized spacial score (nSPS) is 11.0. The average Bonchev–Trinajstić information content (AvgIpc) is 2.81. The predicted octanol–water partition coefficient (Wildman–Crippen LogP) is 5.58. The zero-order valence-corrected chi connectivity index (χ0v) is 18.6. The van der Waals surface area contributed by atoms with Crippen molar-refractivity contribution in [3.8, 4) is 11.3 Å². The molecule has 0 saturated heterocycles. The highest BCUT2D eigenvalue weighted by molar-refractivity contribution is 7.98. The van der Waals surface area contributed by atoms with Crippen LogP contribution in [0.3, 0.4) is 0 Å². The Kier molecular flexibility index (Phi) is 6.84. The van der Waals surface area contributed by atoms with E-state index in [2.05, 4.69) is 15.3 Å². The van der Waals surface area contributed by atoms with Gasteiger partial charge in [-0.2, -0.15) is 0 Å². The summed E-state index contributed by atoms with van der Waals surface area (Å²) < 4.78 is 29.2. The molecule has 0 bridgehead atoms. The molecule has 8 heteroatoms. The van der Waals surface area contributed by atoms with E-state index in [1.54, 1.807) is 36.4 Å². The molecule has 0 saturated carbocycles. The number of rotatable bonds is 8. The summed E-state index contributed by atoms with van der Waals surface area (Å²) in [6.07, 6.45) is 3.42. The van der Waals surface area contributed by atoms with Gasteiger partial charge >= 0.3 is 5.97 Å². The Hall–Kier alpha value is -3.52. The first-order valence-corrected chi connectivity index (χ1v) is 11.5. The van der Waals surface area contributed by atoms with E-state index in [0.717, 1.165) is 16.0 Å². The highest BCUT2D eigenvalue weighted by Gasteiger charge is 2.14. The van der Waals surface area contributed by atoms with Gasteiger partial charge in [0.1, 0.15) is 23.8 Å². The van der Waals surface area contributed by atoms with Crippen LogP contribution in [0.15, 0.2) is 65.8 Å². The van der Waals surface area contributed by atoms with Crippen LogP contribution in [0.2, 0.25) is 0 Å². The van der Waals surface area contributed by atoms with Crippen LogP contribution < -0.4 is 5.32 Å². The van der Waals surface area contributed by atoms with Gasteiger partial charge in [0.05, 0.1) is 12.1 Å². The zero-order chi connectivity index (χ0) is 23.4. The average molecular weight is 466 g/mol. The largest absolute Gasteiger partial charge is 0.481 e. The summed E-state index contributed by atoms with van der Waals surface area (Å²) in [4.78, 5) is 20.4. The fourth-order valence-corrected chi connectivity index (χ4v) is 4.33. The Bertz CT molecular complexity index is 1330. The highest BCUT2D eigenvalue weighted by Crippen LogP contribution is 2.28. The Morgan fingerprint density at radius 1 is 1.09 bits per heavy atom. The Morgan fingerprint density at radius 3 is 2.70 bits per heavy atom. The van der Waals surface area contributed by atoms with E-state index >= 15 is 0 Å². The molecular formula is C25H21F2N3O2S. The van der Waals surface area contributed by atoms with Crippen LogP contribution in [0.4, 0.5) is 14.6 Å². The van der Waals surface area contributed by atoms with Crippen LogP contribution in [-0.2, 0) is 17.6 Å². The monoisotopic (exact) mass is 465 g/mol. The van der Waals surface area contributed by atoms with Gasteiger partial charge in [0.15, 0.2) is 0 Å². The summed E-state index contributed by atoms with van der Waals surface area (Å²) in [6.45, 7) is 0.288. The maximum Gasteiger partial charge on any atom is 0.307 e. The molecule has 0 spiro atoms. The van der Waals surface area contributed by atoms with Gasteiger partial charge in [-0.1, -0.05) is 36.4 Å². The fraction of sp³-hybridized carbons (Fsp3) is 0.160. The van der Waals surface area contributed by atoms with Crippen LogP contribution in [0, 0.1) is 11.6 Å². The number of fused-ring (bicyclic) bond motifs is 1. The number of thioether (sulfide) groups is 1. The van der Waals surface area contributed by atoms with Gasteiger partial charge in [-0.15, -0.1) is 11.8 Å². The summed E-state index contributed by atoms with van der Waals surface area (Å²) in [5.74, 6) is -1.46. The summed E-state index contributed by atoms with van der Waals surface area (Å²) in [5.41, 5.74) is 2.26. The third-order valence-electron chi connectivity index (χ3n) is 5.31. The van der Waals surface area contributed by atoms with Gasteiger partial charge in [0.2, 0.25) is 0 Å². The van der Waals surface area contributed by atoms with Gasteiger partial charge < -0.3 is 10.4 Å². The molecule has 168 valence electrons. The van der Waals surface area contributed by atoms with Crippen molar-refractivity contribution < 1.29 is 18.7 Å². The van der Waals surface area contributed by atoms with Crippen LogP contribution in [0.25, 0.3) is 22.0 Å². The molecular weight excluding hydrogens is 444 g/mol. The van der Waals surface area contributed by atoms with Crippen molar-refractivity contribution in [3.05, 3.63) is 83.7 Å². The highest BCUT2D eigenvalue weighted by atomic mass is 32.2. The van der Waals surface area contributed by atoms with Gasteiger partial charge in [0.25, 0.3) is 0 Å². The van der Waals surface area contributed by atoms with Gasteiger partial charge in [-0.3, -0.25) is 4.79 Å². The summed E-state index contributed by atoms with van der Waals surface area (Å²) >= 11 is 1.47. The number of nitrogens with zero attached hydrogens (tertiary/aromatic N) is 2. The molecule has 0 fully saturated rings. The molecule has 0 aliphatic carbocycles. The van der Waals surface area contributed by atoms with E-state index < -0.39 is 17.6 Å². The predicted molar refractivity (Wildman–Crippen MR) is 127 cm³/mol. The molecule has 0 radical (unpaired) electrons. The molecule has 4 rings (SSSR count). The third kappa shape index (κ3) is 5.12. The smallest absolute Gasteiger partial charge is 0.307 e. The molecule has 33 heavy (non-hydrogen) atoms. The van der Waals surface area contributed by atoms with Crippen molar-refractivity contribution in [1.29, 1.82) is 0 Å². The number of anilines is 1. The first kappa shape index (κ1) is 22.7. The minimum absolute atomic E-state index is 0.0362. The maximum atomic E-state index is 14.8. The number of benzene rings is 3. The van der Waals surface area contributed by atoms with Crippen LogP contribution >= 0.6 is 11.8 Å². The number of carbonyl (C=O) groups is 1. The second-order valence-electron chi connectivity index (χ2n) is 7.43. The first-order chi connectivity index (χ1) is 16.0. The minimum Gasteiger partial charge on any atom is -0.481 e. The summed E-state index contributed by atoms with van der Waals surface area (Å²) in [7, 11) is 0. The second kappa shape index (κ2) is 9.95. The fourth-order valence-electron chi connectivity index (χ4n) is 3.68. The number of aromatic nitrogens is 2. The van der Waals surface area contributed by atoms with Crippen LogP contribution in [-0.4, -0.2) is 33.8 Å². The minimum atomic E-state index is -0.883. The lowest BCUT2D eigenvalue weighted by atomic mass is 10.0. The van der Waals surface area contributed by atoms with Gasteiger partial charge in [-0.05, 0) is 35.8 Å². The van der Waals surface area contributed by atoms with Crippen molar-refractivity contribution in [2.75, 3.05) is 18.1 Å². The van der Waals surface area contributed by atoms with Crippen LogP contribution in [0.5, 0.6) is 0 Å². The number of aliphatic carboxylic acids is 1. The van der Waals surface area contributed by atoms with Crippen molar-refractivity contribution in [2.24, 2.45) is 0 Å². The number of carboxylic acid groups (broad SMARTS) is 1. The summed E-state index contributed by atoms with van der Waals surface area (Å²) in [5, 5.41) is 13.1. The van der Waals surface area contributed by atoms with Crippen molar-refractivity contribution in [2.45, 2.75) is 17.7 Å². The molecule has 2 N–H and O–H groups in total. The topological polar surface area (TPSA) is 75.1 Å². The molecule has 0 aliphatic heterocycles. The SMILES string of the molecule is CSc1cc(-c2cc(NCCc3c(F)cc4ccccc4c3F)ncn2)ccc1CC(=O)O. The standard InChI is InChI=1S/C25H21F2N3O2S/c1-33-22-11-16(6-7-17(22)12-24(31)32)21-13-23(30-14-29-21)28-9-8-19-20(26)10-15-4-2-3-5-18(15)25(19)27/h2-7,10-11,13-14H,8-9,12H2,1H3,(H,31,32)(H,28,29,30). The van der Waals surface area contributed by atoms with Gasteiger partial charge in [-0.25, -0.2) is 18.7 Å². The van der Waals surface area contributed by atoms with E-state index in [4.69, 9.17) is 5.11 Å². The Labute approximate surface area is 193 Å². The van der Waals surface area contributed by atoms with Crippen molar-refractivity contribution in [3.63, 3.8) is 0 Å². The molecule has 0 unspecified atom stereocenters. The van der Waals surface area contributed by atoms with E-state index in [1.807, 2.05) is 18.4 Å². The van der Waals surface area contributed by atoms with Gasteiger partial charge in [0, 0.05) is 34.0 Å². The van der Waals surface area contributed by atoms with Crippen molar-refractivity contribution in [1.82, 2.24) is 9.97 Å². The van der Waals surface area contributed by atoms with E-state index in [1.165, 1.54) is 24.2 Å². The lowest BCUT2D eigenvalue weighted by Gasteiger charge is -2.11. The van der Waals surface area contributed by atoms with E-state index in [0.29, 0.717) is 22.3 Å². The molecule has 0 aliphatic rings. The molecule has 0 amide bonds. The number of carboxylic acids is 1. The lowest BCUT2D eigenvalue weighted by Crippen LogP contribution is -2.09. The second-order valence-corrected chi connectivity index (χ2v) is 8.28. The third-order valence-corrected chi connectivity index (χ3v) is 6.13. The number of hydrogen-bond acceptors (Lipinski definition) is 5. The molecule has 4 aromatic rings. The summed E-state index contributed by atoms with van der Waals surface area (Å²) in [6, 6.07) is 15.4. The number of hydrogen-bond donors (Lipinski definition) is 2. The Morgan fingerprint density at radius 2 is 1.91 bits per heavy atom. The quantitative estimate of drug-likeness (QED) is 0.331. The number of halogens is 2. The first-order valence-electron chi connectivity index (χ1n) is 10.3. The molecule has 1 heterocycles. The lowest BCUT2D eigenvalue weighted by molar-refractivity contribution is -0.136.